The lowest BCUT2D eigenvalue weighted by atomic mass is 9.80. The molecule has 0 saturated heterocycles. The Morgan fingerprint density at radius 3 is 2.27 bits per heavy atom. The predicted molar refractivity (Wildman–Crippen MR) is 84.5 cm³/mol. The van der Waals surface area contributed by atoms with E-state index in [4.69, 9.17) is 14.5 Å². The van der Waals surface area contributed by atoms with E-state index in [0.717, 1.165) is 16.7 Å². The minimum Gasteiger partial charge on any atom is -0.423 e. The van der Waals surface area contributed by atoms with Gasteiger partial charge in [-0.05, 0) is 48.6 Å². The largest absolute Gasteiger partial charge is 0.488 e. The molecule has 0 amide bonds. The van der Waals surface area contributed by atoms with Crippen LogP contribution in [0.2, 0.25) is 0 Å². The Balaban J connectivity index is 1.95. The molecule has 3 aromatic rings. The third-order valence-corrected chi connectivity index (χ3v) is 3.72. The second-order valence-electron chi connectivity index (χ2n) is 5.16. The van der Waals surface area contributed by atoms with Gasteiger partial charge in [0.05, 0.1) is 0 Å². The van der Waals surface area contributed by atoms with Crippen molar-refractivity contribution in [2.45, 2.75) is 13.8 Å². The molecule has 0 fully saturated rings. The summed E-state index contributed by atoms with van der Waals surface area (Å²) < 4.78 is 5.74. The molecule has 0 unspecified atom stereocenters. The van der Waals surface area contributed by atoms with E-state index >= 15 is 0 Å². The lowest BCUT2D eigenvalue weighted by Crippen LogP contribution is -2.29. The van der Waals surface area contributed by atoms with Crippen molar-refractivity contribution in [1.29, 1.82) is 0 Å². The van der Waals surface area contributed by atoms with Gasteiger partial charge in [0.1, 0.15) is 0 Å². The molecule has 0 aliphatic rings. The monoisotopic (exact) mass is 294 g/mol. The Morgan fingerprint density at radius 1 is 0.909 bits per heavy atom. The molecular formula is C16H15BN2O3. The molecule has 0 aliphatic heterocycles. The van der Waals surface area contributed by atoms with Gasteiger partial charge in [0.2, 0.25) is 11.8 Å². The number of benzene rings is 2. The molecule has 2 aromatic carbocycles. The standard InChI is InChI=1S/C16H15BN2O3/c1-10-4-3-5-14(11(10)2)16-19-18-15(22-16)12-6-8-13(9-7-12)17(20)21/h3-9,20-21H,1-2H3. The van der Waals surface area contributed by atoms with Crippen LogP contribution in [-0.2, 0) is 0 Å². The molecule has 2 N–H and O–H groups in total. The van der Waals surface area contributed by atoms with Crippen molar-refractivity contribution in [3.05, 3.63) is 53.6 Å². The van der Waals surface area contributed by atoms with Gasteiger partial charge in [-0.3, -0.25) is 0 Å². The molecule has 3 rings (SSSR count). The fourth-order valence-corrected chi connectivity index (χ4v) is 2.23. The Kier molecular flexibility index (Phi) is 3.79. The highest BCUT2D eigenvalue weighted by molar-refractivity contribution is 6.58. The molecule has 0 atom stereocenters. The minimum atomic E-state index is -1.48. The second-order valence-corrected chi connectivity index (χ2v) is 5.16. The fraction of sp³-hybridized carbons (Fsp3) is 0.125. The molecular weight excluding hydrogens is 279 g/mol. The number of nitrogens with zero attached hydrogens (tertiary/aromatic N) is 2. The maximum Gasteiger partial charge on any atom is 0.488 e. The van der Waals surface area contributed by atoms with Crippen LogP contribution in [0.3, 0.4) is 0 Å². The van der Waals surface area contributed by atoms with E-state index in [1.165, 1.54) is 5.56 Å². The van der Waals surface area contributed by atoms with Crippen LogP contribution in [0.25, 0.3) is 22.9 Å². The summed E-state index contributed by atoms with van der Waals surface area (Å²) in [6.45, 7) is 4.06. The maximum absolute atomic E-state index is 9.10. The highest BCUT2D eigenvalue weighted by Crippen LogP contribution is 2.27. The van der Waals surface area contributed by atoms with Crippen LogP contribution in [0.4, 0.5) is 0 Å². The van der Waals surface area contributed by atoms with E-state index in [0.29, 0.717) is 17.2 Å². The van der Waals surface area contributed by atoms with Gasteiger partial charge < -0.3 is 14.5 Å². The van der Waals surface area contributed by atoms with Gasteiger partial charge in [0, 0.05) is 11.1 Å². The first-order valence-corrected chi connectivity index (χ1v) is 6.93. The molecule has 0 bridgehead atoms. The molecule has 5 nitrogen and oxygen atoms in total. The average Bonchev–Trinajstić information content (AvgIpc) is 3.00. The van der Waals surface area contributed by atoms with E-state index in [1.807, 2.05) is 32.0 Å². The number of aryl methyl sites for hydroxylation is 1. The summed E-state index contributed by atoms with van der Waals surface area (Å²) in [5.41, 5.74) is 4.34. The van der Waals surface area contributed by atoms with Crippen molar-refractivity contribution in [2.24, 2.45) is 0 Å². The van der Waals surface area contributed by atoms with Crippen LogP contribution in [0.1, 0.15) is 11.1 Å². The van der Waals surface area contributed by atoms with Crippen molar-refractivity contribution in [2.75, 3.05) is 0 Å². The normalized spacial score (nSPS) is 10.7. The highest BCUT2D eigenvalue weighted by atomic mass is 16.4. The van der Waals surface area contributed by atoms with Crippen LogP contribution in [0.5, 0.6) is 0 Å². The third kappa shape index (κ3) is 2.66. The second kappa shape index (κ2) is 5.75. The van der Waals surface area contributed by atoms with E-state index in [1.54, 1.807) is 24.3 Å². The first-order valence-electron chi connectivity index (χ1n) is 6.93. The lowest BCUT2D eigenvalue weighted by molar-refractivity contribution is 0.426. The topological polar surface area (TPSA) is 79.4 Å². The average molecular weight is 294 g/mol. The third-order valence-electron chi connectivity index (χ3n) is 3.72. The van der Waals surface area contributed by atoms with Gasteiger partial charge in [-0.1, -0.05) is 24.3 Å². The summed E-state index contributed by atoms with van der Waals surface area (Å²) >= 11 is 0. The van der Waals surface area contributed by atoms with Crippen molar-refractivity contribution < 1.29 is 14.5 Å². The first kappa shape index (κ1) is 14.5. The van der Waals surface area contributed by atoms with Crippen LogP contribution in [0, 0.1) is 13.8 Å². The Morgan fingerprint density at radius 2 is 1.59 bits per heavy atom. The lowest BCUT2D eigenvalue weighted by Gasteiger charge is -2.03. The molecule has 1 aromatic heterocycles. The van der Waals surface area contributed by atoms with Gasteiger partial charge in [0.15, 0.2) is 0 Å². The Bertz CT molecular complexity index is 797. The van der Waals surface area contributed by atoms with E-state index < -0.39 is 7.12 Å². The number of rotatable bonds is 3. The van der Waals surface area contributed by atoms with Gasteiger partial charge in [-0.25, -0.2) is 0 Å². The molecule has 0 spiro atoms. The molecule has 1 heterocycles. The number of aromatic nitrogens is 2. The van der Waals surface area contributed by atoms with Gasteiger partial charge in [-0.15, -0.1) is 10.2 Å². The van der Waals surface area contributed by atoms with Crippen LogP contribution in [0.15, 0.2) is 46.9 Å². The van der Waals surface area contributed by atoms with Crippen molar-refractivity contribution in [3.8, 4) is 22.9 Å². The molecule has 6 heteroatoms. The van der Waals surface area contributed by atoms with Crippen molar-refractivity contribution in [3.63, 3.8) is 0 Å². The van der Waals surface area contributed by atoms with Crippen molar-refractivity contribution in [1.82, 2.24) is 10.2 Å². The van der Waals surface area contributed by atoms with Crippen LogP contribution in [-0.4, -0.2) is 27.4 Å². The Labute approximate surface area is 128 Å². The van der Waals surface area contributed by atoms with Crippen LogP contribution < -0.4 is 5.46 Å². The summed E-state index contributed by atoms with van der Waals surface area (Å²) in [5, 5.41) is 26.4. The molecule has 0 saturated carbocycles. The number of hydrogen-bond donors (Lipinski definition) is 2. The van der Waals surface area contributed by atoms with E-state index in [9.17, 15) is 0 Å². The van der Waals surface area contributed by atoms with Gasteiger partial charge in [-0.2, -0.15) is 0 Å². The molecule has 0 aliphatic carbocycles. The van der Waals surface area contributed by atoms with Crippen LogP contribution >= 0.6 is 0 Å². The molecule has 110 valence electrons. The summed E-state index contributed by atoms with van der Waals surface area (Å²) in [6.07, 6.45) is 0. The summed E-state index contributed by atoms with van der Waals surface area (Å²) in [6, 6.07) is 12.6. The quantitative estimate of drug-likeness (QED) is 0.719. The zero-order valence-corrected chi connectivity index (χ0v) is 12.3. The smallest absolute Gasteiger partial charge is 0.423 e. The zero-order chi connectivity index (χ0) is 15.7. The van der Waals surface area contributed by atoms with Crippen molar-refractivity contribution >= 4 is 12.6 Å². The number of hydrogen-bond acceptors (Lipinski definition) is 5. The fourth-order valence-electron chi connectivity index (χ4n) is 2.23. The summed E-state index contributed by atoms with van der Waals surface area (Å²) in [5.74, 6) is 0.873. The summed E-state index contributed by atoms with van der Waals surface area (Å²) in [4.78, 5) is 0. The zero-order valence-electron chi connectivity index (χ0n) is 12.3. The minimum absolute atomic E-state index is 0.398. The molecule has 22 heavy (non-hydrogen) atoms. The Hall–Kier alpha value is -2.44. The predicted octanol–water partition coefficient (Wildman–Crippen LogP) is 1.70. The van der Waals surface area contributed by atoms with E-state index in [-0.39, 0.29) is 0 Å². The SMILES string of the molecule is Cc1cccc(-c2nnc(-c3ccc(B(O)O)cc3)o2)c1C. The highest BCUT2D eigenvalue weighted by Gasteiger charge is 2.15. The van der Waals surface area contributed by atoms with Gasteiger partial charge >= 0.3 is 7.12 Å². The maximum atomic E-state index is 9.10. The summed E-state index contributed by atoms with van der Waals surface area (Å²) in [7, 11) is -1.48. The molecule has 0 radical (unpaired) electrons. The van der Waals surface area contributed by atoms with Gasteiger partial charge in [0.25, 0.3) is 0 Å². The first-order chi connectivity index (χ1) is 10.6. The van der Waals surface area contributed by atoms with E-state index in [2.05, 4.69) is 10.2 Å².